The molecule has 3 rings (SSSR count). The van der Waals surface area contributed by atoms with Crippen LogP contribution in [0, 0.1) is 6.92 Å². The Balaban J connectivity index is 2.13. The molecule has 2 heterocycles. The Morgan fingerprint density at radius 2 is 1.96 bits per heavy atom. The number of aromatic nitrogens is 2. The minimum atomic E-state index is -1.31. The molecule has 1 saturated heterocycles. The van der Waals surface area contributed by atoms with Crippen molar-refractivity contribution < 1.29 is 28.9 Å². The number of aryl methyl sites for hydroxylation is 1. The van der Waals surface area contributed by atoms with Crippen molar-refractivity contribution in [1.82, 2.24) is 9.55 Å². The Hall–Kier alpha value is -2.46. The number of aromatic amines is 1. The Morgan fingerprint density at radius 3 is 2.52 bits per heavy atom. The SMILES string of the molecule is CC(=O)O[C@H]1[C@H](n2cc(C)c(=O)[nH]c2=O)O[C@@]2(CCC[C@H]2O)[C@H]1OC(C)=O. The van der Waals surface area contributed by atoms with Gasteiger partial charge in [-0.15, -0.1) is 0 Å². The summed E-state index contributed by atoms with van der Waals surface area (Å²) in [6.07, 6.45) is -1.74. The lowest BCUT2D eigenvalue weighted by Gasteiger charge is -2.33. The number of esters is 2. The predicted molar refractivity (Wildman–Crippen MR) is 89.9 cm³/mol. The third-order valence-electron chi connectivity index (χ3n) is 5.03. The molecule has 148 valence electrons. The molecule has 5 atom stereocenters. The second-order valence-electron chi connectivity index (χ2n) is 6.95. The van der Waals surface area contributed by atoms with E-state index in [2.05, 4.69) is 4.98 Å². The number of aliphatic hydroxyl groups excluding tert-OH is 1. The zero-order valence-corrected chi connectivity index (χ0v) is 15.3. The number of nitrogens with one attached hydrogen (secondary N) is 1. The summed E-state index contributed by atoms with van der Waals surface area (Å²) in [5, 5.41) is 10.5. The standard InChI is InChI=1S/C17H22N2O8/c1-8-7-19(16(24)18-14(8)23)15-12(25-9(2)20)13(26-10(3)21)17(27-15)6-4-5-11(17)22/h7,11-13,15,22H,4-6H2,1-3H3,(H,18,23,24)/t11-,12-,13+,15-,17-/m1/s1. The summed E-state index contributed by atoms with van der Waals surface area (Å²) in [5.41, 5.74) is -2.37. The Labute approximate surface area is 154 Å². The second-order valence-corrected chi connectivity index (χ2v) is 6.95. The highest BCUT2D eigenvalue weighted by Crippen LogP contribution is 2.49. The van der Waals surface area contributed by atoms with Crippen LogP contribution in [-0.4, -0.2) is 50.5 Å². The lowest BCUT2D eigenvalue weighted by atomic mass is 9.91. The molecule has 1 aromatic rings. The van der Waals surface area contributed by atoms with Gasteiger partial charge in [0.2, 0.25) is 0 Å². The van der Waals surface area contributed by atoms with E-state index in [9.17, 15) is 24.3 Å². The van der Waals surface area contributed by atoms with Crippen molar-refractivity contribution in [3.8, 4) is 0 Å². The summed E-state index contributed by atoms with van der Waals surface area (Å²) >= 11 is 0. The molecule has 0 bridgehead atoms. The largest absolute Gasteiger partial charge is 0.455 e. The van der Waals surface area contributed by atoms with E-state index < -0.39 is 53.3 Å². The zero-order chi connectivity index (χ0) is 19.9. The smallest absolute Gasteiger partial charge is 0.330 e. The molecule has 10 nitrogen and oxygen atoms in total. The van der Waals surface area contributed by atoms with Gasteiger partial charge in [-0.2, -0.15) is 0 Å². The van der Waals surface area contributed by atoms with Gasteiger partial charge in [0.25, 0.3) is 5.56 Å². The number of hydrogen-bond acceptors (Lipinski definition) is 8. The van der Waals surface area contributed by atoms with E-state index >= 15 is 0 Å². The molecular formula is C17H22N2O8. The number of aliphatic hydroxyl groups is 1. The number of ether oxygens (including phenoxy) is 3. The van der Waals surface area contributed by atoms with Crippen LogP contribution in [0.5, 0.6) is 0 Å². The predicted octanol–water partition coefficient (Wildman–Crippen LogP) is -0.479. The first kappa shape index (κ1) is 19.3. The second kappa shape index (κ2) is 6.93. The van der Waals surface area contributed by atoms with E-state index in [1.54, 1.807) is 0 Å². The van der Waals surface area contributed by atoms with Crippen molar-refractivity contribution in [3.05, 3.63) is 32.6 Å². The van der Waals surface area contributed by atoms with E-state index in [0.717, 1.165) is 4.57 Å². The Morgan fingerprint density at radius 1 is 1.30 bits per heavy atom. The molecule has 1 spiro atoms. The minimum Gasteiger partial charge on any atom is -0.455 e. The molecular weight excluding hydrogens is 360 g/mol. The summed E-state index contributed by atoms with van der Waals surface area (Å²) in [6.45, 7) is 3.89. The molecule has 0 unspecified atom stereocenters. The number of H-pyrrole nitrogens is 1. The van der Waals surface area contributed by atoms with Crippen molar-refractivity contribution >= 4 is 11.9 Å². The Bertz CT molecular complexity index is 874. The van der Waals surface area contributed by atoms with Gasteiger partial charge in [0.15, 0.2) is 18.4 Å². The van der Waals surface area contributed by atoms with Gasteiger partial charge < -0.3 is 19.3 Å². The lowest BCUT2D eigenvalue weighted by Crippen LogP contribution is -2.51. The van der Waals surface area contributed by atoms with Gasteiger partial charge in [0.1, 0.15) is 5.60 Å². The molecule has 1 saturated carbocycles. The van der Waals surface area contributed by atoms with Crippen LogP contribution in [0.4, 0.5) is 0 Å². The van der Waals surface area contributed by atoms with Gasteiger partial charge >= 0.3 is 17.6 Å². The van der Waals surface area contributed by atoms with Gasteiger partial charge in [0.05, 0.1) is 6.10 Å². The minimum absolute atomic E-state index is 0.247. The maximum absolute atomic E-state index is 12.3. The summed E-state index contributed by atoms with van der Waals surface area (Å²) < 4.78 is 17.9. The average molecular weight is 382 g/mol. The molecule has 1 aliphatic carbocycles. The van der Waals surface area contributed by atoms with Crippen LogP contribution in [0.2, 0.25) is 0 Å². The maximum atomic E-state index is 12.3. The fourth-order valence-corrected chi connectivity index (χ4v) is 3.89. The summed E-state index contributed by atoms with van der Waals surface area (Å²) in [5.74, 6) is -1.30. The molecule has 0 aromatic carbocycles. The van der Waals surface area contributed by atoms with Gasteiger partial charge in [-0.25, -0.2) is 4.79 Å². The van der Waals surface area contributed by atoms with Crippen molar-refractivity contribution in [2.45, 2.75) is 70.2 Å². The summed E-state index contributed by atoms with van der Waals surface area (Å²) in [4.78, 5) is 49.5. The van der Waals surface area contributed by atoms with Crippen LogP contribution in [-0.2, 0) is 23.8 Å². The number of carbonyl (C=O) groups excluding carboxylic acids is 2. The molecule has 2 fully saturated rings. The van der Waals surface area contributed by atoms with Crippen LogP contribution >= 0.6 is 0 Å². The molecule has 0 radical (unpaired) electrons. The van der Waals surface area contributed by atoms with Gasteiger partial charge in [-0.1, -0.05) is 0 Å². The molecule has 0 amide bonds. The normalized spacial score (nSPS) is 32.6. The van der Waals surface area contributed by atoms with Gasteiger partial charge in [0, 0.05) is 25.6 Å². The van der Waals surface area contributed by atoms with E-state index in [4.69, 9.17) is 14.2 Å². The topological polar surface area (TPSA) is 137 Å². The van der Waals surface area contributed by atoms with Gasteiger partial charge in [-0.3, -0.25) is 23.9 Å². The van der Waals surface area contributed by atoms with E-state index in [1.807, 2.05) is 0 Å². The number of carbonyl (C=O) groups is 2. The van der Waals surface area contributed by atoms with Crippen molar-refractivity contribution in [3.63, 3.8) is 0 Å². The monoisotopic (exact) mass is 382 g/mol. The summed E-state index contributed by atoms with van der Waals surface area (Å²) in [6, 6.07) is 0. The first-order valence-electron chi connectivity index (χ1n) is 8.68. The average Bonchev–Trinajstić information content (AvgIpc) is 3.06. The Kier molecular flexibility index (Phi) is 4.96. The highest BCUT2D eigenvalue weighted by molar-refractivity contribution is 5.67. The van der Waals surface area contributed by atoms with Crippen molar-refractivity contribution in [1.29, 1.82) is 0 Å². The third kappa shape index (κ3) is 3.30. The molecule has 27 heavy (non-hydrogen) atoms. The fraction of sp³-hybridized carbons (Fsp3) is 0.647. The maximum Gasteiger partial charge on any atom is 0.330 e. The summed E-state index contributed by atoms with van der Waals surface area (Å²) in [7, 11) is 0. The lowest BCUT2D eigenvalue weighted by molar-refractivity contribution is -0.177. The van der Waals surface area contributed by atoms with Crippen molar-refractivity contribution in [2.75, 3.05) is 0 Å². The van der Waals surface area contributed by atoms with Crippen LogP contribution < -0.4 is 11.2 Å². The third-order valence-corrected chi connectivity index (χ3v) is 5.03. The first-order chi connectivity index (χ1) is 12.7. The zero-order valence-electron chi connectivity index (χ0n) is 15.3. The van der Waals surface area contributed by atoms with E-state index in [0.29, 0.717) is 19.3 Å². The quantitative estimate of drug-likeness (QED) is 0.669. The number of rotatable bonds is 3. The van der Waals surface area contributed by atoms with Crippen LogP contribution in [0.25, 0.3) is 0 Å². The molecule has 10 heteroatoms. The van der Waals surface area contributed by atoms with Crippen LogP contribution in [0.15, 0.2) is 15.8 Å². The van der Waals surface area contributed by atoms with Crippen LogP contribution in [0.1, 0.15) is 44.9 Å². The first-order valence-corrected chi connectivity index (χ1v) is 8.68. The number of hydrogen-bond donors (Lipinski definition) is 2. The number of nitrogens with zero attached hydrogens (tertiary/aromatic N) is 1. The van der Waals surface area contributed by atoms with E-state index in [-0.39, 0.29) is 5.56 Å². The fourth-order valence-electron chi connectivity index (χ4n) is 3.89. The highest BCUT2D eigenvalue weighted by atomic mass is 16.7. The molecule has 2 N–H and O–H groups in total. The van der Waals surface area contributed by atoms with Crippen molar-refractivity contribution in [2.24, 2.45) is 0 Å². The van der Waals surface area contributed by atoms with Gasteiger partial charge in [-0.05, 0) is 26.2 Å². The molecule has 1 aliphatic heterocycles. The molecule has 1 aromatic heterocycles. The highest BCUT2D eigenvalue weighted by Gasteiger charge is 2.64. The van der Waals surface area contributed by atoms with Crippen LogP contribution in [0.3, 0.4) is 0 Å². The molecule has 2 aliphatic rings. The van der Waals surface area contributed by atoms with E-state index in [1.165, 1.54) is 27.0 Å².